The molecule has 0 spiro atoms. The largest absolute Gasteiger partial charge is 0.469 e. The Balaban J connectivity index is 2.19. The molecule has 0 bridgehead atoms. The first-order chi connectivity index (χ1) is 5.33. The molecule has 0 aromatic heterocycles. The number of methoxy groups -OCH3 is 1. The lowest BCUT2D eigenvalue weighted by Crippen LogP contribution is -2.42. The van der Waals surface area contributed by atoms with E-state index in [1.807, 2.05) is 0 Å². The van der Waals surface area contributed by atoms with Crippen molar-refractivity contribution in [3.05, 3.63) is 0 Å². The maximum Gasteiger partial charge on any atom is 0.307 e. The minimum Gasteiger partial charge on any atom is -0.469 e. The van der Waals surface area contributed by atoms with Gasteiger partial charge in [-0.3, -0.25) is 4.79 Å². The molecular weight excluding hydrogens is 144 g/mol. The van der Waals surface area contributed by atoms with E-state index in [0.717, 1.165) is 19.4 Å². The molecule has 1 radical (unpaired) electrons. The molecule has 1 saturated heterocycles. The van der Waals surface area contributed by atoms with Gasteiger partial charge in [-0.2, -0.15) is 5.43 Å². The van der Waals surface area contributed by atoms with E-state index < -0.39 is 0 Å². The predicted molar refractivity (Wildman–Crippen MR) is 39.8 cm³/mol. The molecule has 1 unspecified atom stereocenters. The first kappa shape index (κ1) is 8.49. The molecule has 1 fully saturated rings. The standard InChI is InChI=1S/C7H13N2O2/c1-11-7(10)5-6-3-2-4-8-9-6/h6,9H,2-5H2,1H3. The van der Waals surface area contributed by atoms with Gasteiger partial charge in [0.15, 0.2) is 0 Å². The SMILES string of the molecule is COC(=O)CC1CCC[N]N1. The molecule has 1 N–H and O–H groups in total. The molecule has 0 aliphatic carbocycles. The van der Waals surface area contributed by atoms with Gasteiger partial charge >= 0.3 is 5.97 Å². The van der Waals surface area contributed by atoms with Crippen LogP contribution in [0.15, 0.2) is 0 Å². The number of esters is 1. The summed E-state index contributed by atoms with van der Waals surface area (Å²) in [5.41, 5.74) is 6.90. The summed E-state index contributed by atoms with van der Waals surface area (Å²) in [5.74, 6) is -0.167. The predicted octanol–water partition coefficient (Wildman–Crippen LogP) is -0.179. The highest BCUT2D eigenvalue weighted by Crippen LogP contribution is 2.05. The molecule has 0 aromatic carbocycles. The smallest absolute Gasteiger partial charge is 0.307 e. The van der Waals surface area contributed by atoms with Crippen LogP contribution in [0.3, 0.4) is 0 Å². The summed E-state index contributed by atoms with van der Waals surface area (Å²) < 4.78 is 4.53. The molecule has 63 valence electrons. The van der Waals surface area contributed by atoms with Crippen LogP contribution in [-0.4, -0.2) is 25.7 Å². The third-order valence-corrected chi connectivity index (χ3v) is 1.74. The van der Waals surface area contributed by atoms with Crippen LogP contribution in [0.4, 0.5) is 0 Å². The Kier molecular flexibility index (Phi) is 3.32. The summed E-state index contributed by atoms with van der Waals surface area (Å²) in [7, 11) is 1.41. The van der Waals surface area contributed by atoms with Gasteiger partial charge in [-0.05, 0) is 12.8 Å². The number of carbonyl (C=O) groups is 1. The summed E-state index contributed by atoms with van der Waals surface area (Å²) in [6, 6.07) is 0.191. The summed E-state index contributed by atoms with van der Waals surface area (Å²) in [6.07, 6.45) is 2.51. The fraction of sp³-hybridized carbons (Fsp3) is 0.857. The van der Waals surface area contributed by atoms with Crippen molar-refractivity contribution in [2.75, 3.05) is 13.7 Å². The number of hydrogen-bond acceptors (Lipinski definition) is 3. The Labute approximate surface area is 66.3 Å². The average Bonchev–Trinajstić information content (AvgIpc) is 2.06. The van der Waals surface area contributed by atoms with Crippen molar-refractivity contribution in [2.45, 2.75) is 25.3 Å². The Morgan fingerprint density at radius 1 is 1.82 bits per heavy atom. The van der Waals surface area contributed by atoms with E-state index >= 15 is 0 Å². The van der Waals surface area contributed by atoms with Gasteiger partial charge in [-0.1, -0.05) is 0 Å². The zero-order chi connectivity index (χ0) is 8.10. The molecule has 4 heteroatoms. The van der Waals surface area contributed by atoms with Crippen molar-refractivity contribution in [2.24, 2.45) is 0 Å². The molecular formula is C7H13N2O2. The third kappa shape index (κ3) is 2.86. The molecule has 1 rings (SSSR count). The van der Waals surface area contributed by atoms with Gasteiger partial charge in [0.25, 0.3) is 0 Å². The maximum absolute atomic E-state index is 10.8. The van der Waals surface area contributed by atoms with Crippen LogP contribution in [0.5, 0.6) is 0 Å². The summed E-state index contributed by atoms with van der Waals surface area (Å²) in [5, 5.41) is 0. The van der Waals surface area contributed by atoms with E-state index in [1.165, 1.54) is 7.11 Å². The Bertz CT molecular complexity index is 132. The minimum atomic E-state index is -0.167. The van der Waals surface area contributed by atoms with Crippen LogP contribution in [0.1, 0.15) is 19.3 Å². The lowest BCUT2D eigenvalue weighted by molar-refractivity contribution is -0.141. The topological polar surface area (TPSA) is 52.4 Å². The third-order valence-electron chi connectivity index (χ3n) is 1.74. The zero-order valence-electron chi connectivity index (χ0n) is 6.67. The average molecular weight is 157 g/mol. The highest BCUT2D eigenvalue weighted by molar-refractivity contribution is 5.69. The van der Waals surface area contributed by atoms with Crippen molar-refractivity contribution in [3.63, 3.8) is 0 Å². The van der Waals surface area contributed by atoms with Gasteiger partial charge in [0.1, 0.15) is 0 Å². The summed E-state index contributed by atoms with van der Waals surface area (Å²) >= 11 is 0. The highest BCUT2D eigenvalue weighted by atomic mass is 16.5. The lowest BCUT2D eigenvalue weighted by atomic mass is 10.1. The van der Waals surface area contributed by atoms with Crippen LogP contribution in [-0.2, 0) is 9.53 Å². The van der Waals surface area contributed by atoms with Gasteiger partial charge in [-0.15, -0.1) is 0 Å². The molecule has 1 atom stereocenters. The van der Waals surface area contributed by atoms with Crippen LogP contribution in [0, 0.1) is 0 Å². The summed E-state index contributed by atoms with van der Waals surface area (Å²) in [4.78, 5) is 10.8. The van der Waals surface area contributed by atoms with E-state index in [2.05, 4.69) is 15.6 Å². The van der Waals surface area contributed by atoms with Crippen LogP contribution < -0.4 is 10.9 Å². The van der Waals surface area contributed by atoms with Crippen molar-refractivity contribution in [1.82, 2.24) is 10.9 Å². The van der Waals surface area contributed by atoms with Crippen molar-refractivity contribution >= 4 is 5.97 Å². The van der Waals surface area contributed by atoms with E-state index in [0.29, 0.717) is 6.42 Å². The normalized spacial score (nSPS) is 24.6. The summed E-state index contributed by atoms with van der Waals surface area (Å²) in [6.45, 7) is 0.859. The van der Waals surface area contributed by atoms with E-state index in [4.69, 9.17) is 0 Å². The second-order valence-corrected chi connectivity index (χ2v) is 2.63. The fourth-order valence-electron chi connectivity index (χ4n) is 1.11. The molecule has 0 aromatic rings. The van der Waals surface area contributed by atoms with Crippen molar-refractivity contribution in [3.8, 4) is 0 Å². The van der Waals surface area contributed by atoms with Gasteiger partial charge in [0, 0.05) is 12.6 Å². The lowest BCUT2D eigenvalue weighted by Gasteiger charge is -2.21. The Morgan fingerprint density at radius 2 is 2.64 bits per heavy atom. The number of rotatable bonds is 2. The molecule has 1 aliphatic rings. The number of ether oxygens (including phenoxy) is 1. The first-order valence-corrected chi connectivity index (χ1v) is 3.82. The van der Waals surface area contributed by atoms with Gasteiger partial charge in [0.05, 0.1) is 13.5 Å². The second-order valence-electron chi connectivity index (χ2n) is 2.63. The first-order valence-electron chi connectivity index (χ1n) is 3.82. The van der Waals surface area contributed by atoms with E-state index in [1.54, 1.807) is 0 Å². The van der Waals surface area contributed by atoms with Crippen molar-refractivity contribution < 1.29 is 9.53 Å². The number of nitrogens with one attached hydrogen (secondary N) is 1. The monoisotopic (exact) mass is 157 g/mol. The Hall–Kier alpha value is -0.610. The van der Waals surface area contributed by atoms with E-state index in [9.17, 15) is 4.79 Å². The molecule has 4 nitrogen and oxygen atoms in total. The molecule has 1 aliphatic heterocycles. The number of nitrogens with zero attached hydrogens (tertiary/aromatic N) is 1. The van der Waals surface area contributed by atoms with Gasteiger partial charge < -0.3 is 4.74 Å². The van der Waals surface area contributed by atoms with Crippen LogP contribution in [0.2, 0.25) is 0 Å². The molecule has 1 heterocycles. The molecule has 11 heavy (non-hydrogen) atoms. The quantitative estimate of drug-likeness (QED) is 0.566. The minimum absolute atomic E-state index is 0.167. The Morgan fingerprint density at radius 3 is 3.18 bits per heavy atom. The molecule has 0 amide bonds. The second kappa shape index (κ2) is 4.31. The van der Waals surface area contributed by atoms with Crippen LogP contribution >= 0.6 is 0 Å². The van der Waals surface area contributed by atoms with Crippen LogP contribution in [0.25, 0.3) is 0 Å². The number of hydrogen-bond donors (Lipinski definition) is 1. The van der Waals surface area contributed by atoms with Gasteiger partial charge in [0.2, 0.25) is 0 Å². The van der Waals surface area contributed by atoms with Crippen molar-refractivity contribution in [1.29, 1.82) is 0 Å². The number of carbonyl (C=O) groups excluding carboxylic acids is 1. The zero-order valence-corrected chi connectivity index (χ0v) is 6.67. The van der Waals surface area contributed by atoms with E-state index in [-0.39, 0.29) is 12.0 Å². The highest BCUT2D eigenvalue weighted by Gasteiger charge is 2.16. The van der Waals surface area contributed by atoms with Gasteiger partial charge in [-0.25, -0.2) is 5.43 Å². The fourth-order valence-corrected chi connectivity index (χ4v) is 1.11. The molecule has 0 saturated carbocycles. The maximum atomic E-state index is 10.8.